The first-order valence-electron chi connectivity index (χ1n) is 8.10. The van der Waals surface area contributed by atoms with Crippen LogP contribution in [0.25, 0.3) is 10.9 Å². The van der Waals surface area contributed by atoms with Crippen molar-refractivity contribution in [2.24, 2.45) is 0 Å². The van der Waals surface area contributed by atoms with Crippen LogP contribution in [0.3, 0.4) is 0 Å². The number of anilines is 2. The van der Waals surface area contributed by atoms with Gasteiger partial charge in [-0.05, 0) is 63.8 Å². The summed E-state index contributed by atoms with van der Waals surface area (Å²) in [6.45, 7) is 9.70. The number of rotatable bonds is 3. The van der Waals surface area contributed by atoms with E-state index in [2.05, 4.69) is 49.2 Å². The summed E-state index contributed by atoms with van der Waals surface area (Å²) in [5.74, 6) is 0. The lowest BCUT2D eigenvalue weighted by Gasteiger charge is -2.29. The molecule has 21 heavy (non-hydrogen) atoms. The molecule has 1 aromatic heterocycles. The minimum absolute atomic E-state index is 0.938. The molecule has 2 aromatic rings. The van der Waals surface area contributed by atoms with Gasteiger partial charge in [-0.1, -0.05) is 0 Å². The van der Waals surface area contributed by atoms with Gasteiger partial charge in [0.05, 0.1) is 5.52 Å². The van der Waals surface area contributed by atoms with E-state index < -0.39 is 0 Å². The van der Waals surface area contributed by atoms with Crippen LogP contribution in [0.4, 0.5) is 11.4 Å². The van der Waals surface area contributed by atoms with E-state index in [1.165, 1.54) is 54.7 Å². The van der Waals surface area contributed by atoms with E-state index in [1.807, 2.05) is 0 Å². The average Bonchev–Trinajstić information content (AvgIpc) is 2.52. The molecule has 2 heterocycles. The SMILES string of the molecule is CCNc1c(C)c(C)nc2ccc(N3CCCCC3)cc12. The molecular weight excluding hydrogens is 258 g/mol. The molecule has 0 bridgehead atoms. The van der Waals surface area contributed by atoms with Crippen molar-refractivity contribution < 1.29 is 0 Å². The number of benzene rings is 1. The zero-order valence-corrected chi connectivity index (χ0v) is 13.4. The lowest BCUT2D eigenvalue weighted by Crippen LogP contribution is -2.29. The van der Waals surface area contributed by atoms with E-state index in [0.717, 1.165) is 17.8 Å². The van der Waals surface area contributed by atoms with Crippen LogP contribution in [0.5, 0.6) is 0 Å². The molecule has 0 radical (unpaired) electrons. The number of aromatic nitrogens is 1. The first-order chi connectivity index (χ1) is 10.2. The minimum atomic E-state index is 0.938. The second-order valence-electron chi connectivity index (χ2n) is 5.98. The van der Waals surface area contributed by atoms with Gasteiger partial charge >= 0.3 is 0 Å². The molecule has 0 atom stereocenters. The number of hydrogen-bond acceptors (Lipinski definition) is 3. The molecular formula is C18H25N3. The summed E-state index contributed by atoms with van der Waals surface area (Å²) in [6, 6.07) is 6.72. The van der Waals surface area contributed by atoms with E-state index >= 15 is 0 Å². The summed E-state index contributed by atoms with van der Waals surface area (Å²) >= 11 is 0. The molecule has 3 heteroatoms. The van der Waals surface area contributed by atoms with Crippen LogP contribution >= 0.6 is 0 Å². The largest absolute Gasteiger partial charge is 0.385 e. The van der Waals surface area contributed by atoms with Crippen molar-refractivity contribution in [3.63, 3.8) is 0 Å². The highest BCUT2D eigenvalue weighted by Crippen LogP contribution is 2.31. The van der Waals surface area contributed by atoms with Gasteiger partial charge in [0.25, 0.3) is 0 Å². The van der Waals surface area contributed by atoms with Crippen LogP contribution in [-0.4, -0.2) is 24.6 Å². The van der Waals surface area contributed by atoms with E-state index in [-0.39, 0.29) is 0 Å². The third-order valence-electron chi connectivity index (χ3n) is 4.53. The molecule has 3 rings (SSSR count). The van der Waals surface area contributed by atoms with Crippen molar-refractivity contribution in [3.8, 4) is 0 Å². The van der Waals surface area contributed by atoms with Crippen LogP contribution in [0.15, 0.2) is 18.2 Å². The van der Waals surface area contributed by atoms with Gasteiger partial charge in [-0.2, -0.15) is 0 Å². The van der Waals surface area contributed by atoms with E-state index in [1.54, 1.807) is 0 Å². The minimum Gasteiger partial charge on any atom is -0.385 e. The number of nitrogens with one attached hydrogen (secondary N) is 1. The maximum atomic E-state index is 4.75. The zero-order valence-electron chi connectivity index (χ0n) is 13.4. The van der Waals surface area contributed by atoms with Crippen molar-refractivity contribution in [1.82, 2.24) is 4.98 Å². The van der Waals surface area contributed by atoms with Gasteiger partial charge in [-0.25, -0.2) is 0 Å². The summed E-state index contributed by atoms with van der Waals surface area (Å²) in [4.78, 5) is 7.25. The summed E-state index contributed by atoms with van der Waals surface area (Å²) in [6.07, 6.45) is 3.99. The fourth-order valence-corrected chi connectivity index (χ4v) is 3.22. The maximum Gasteiger partial charge on any atom is 0.0727 e. The summed E-state index contributed by atoms with van der Waals surface area (Å²) in [5, 5.41) is 4.78. The van der Waals surface area contributed by atoms with E-state index in [4.69, 9.17) is 4.98 Å². The lowest BCUT2D eigenvalue weighted by atomic mass is 10.0. The van der Waals surface area contributed by atoms with Crippen LogP contribution in [0.2, 0.25) is 0 Å². The van der Waals surface area contributed by atoms with E-state index in [0.29, 0.717) is 0 Å². The summed E-state index contributed by atoms with van der Waals surface area (Å²) < 4.78 is 0. The second kappa shape index (κ2) is 5.92. The van der Waals surface area contributed by atoms with Gasteiger partial charge in [-0.15, -0.1) is 0 Å². The Hall–Kier alpha value is -1.77. The smallest absolute Gasteiger partial charge is 0.0727 e. The zero-order chi connectivity index (χ0) is 14.8. The van der Waals surface area contributed by atoms with Gasteiger partial charge in [-0.3, -0.25) is 4.98 Å². The highest BCUT2D eigenvalue weighted by Gasteiger charge is 2.14. The Morgan fingerprint density at radius 2 is 1.90 bits per heavy atom. The molecule has 1 fully saturated rings. The van der Waals surface area contributed by atoms with Crippen molar-refractivity contribution in [1.29, 1.82) is 0 Å². The molecule has 0 aliphatic carbocycles. The van der Waals surface area contributed by atoms with Crippen LogP contribution < -0.4 is 10.2 Å². The fourth-order valence-electron chi connectivity index (χ4n) is 3.22. The number of fused-ring (bicyclic) bond motifs is 1. The second-order valence-corrected chi connectivity index (χ2v) is 5.98. The molecule has 1 aliphatic rings. The average molecular weight is 283 g/mol. The lowest BCUT2D eigenvalue weighted by molar-refractivity contribution is 0.578. The number of aryl methyl sites for hydroxylation is 1. The van der Waals surface area contributed by atoms with Gasteiger partial charge in [0.2, 0.25) is 0 Å². The number of pyridine rings is 1. The molecule has 0 spiro atoms. The van der Waals surface area contributed by atoms with Gasteiger partial charge in [0.15, 0.2) is 0 Å². The molecule has 0 saturated carbocycles. The third kappa shape index (κ3) is 2.69. The Balaban J connectivity index is 2.10. The molecule has 1 N–H and O–H groups in total. The van der Waals surface area contributed by atoms with Gasteiger partial charge in [0, 0.05) is 42.1 Å². The highest BCUT2D eigenvalue weighted by atomic mass is 15.1. The molecule has 1 aliphatic heterocycles. The Bertz CT molecular complexity index is 642. The predicted octanol–water partition coefficient (Wildman–Crippen LogP) is 4.27. The standard InChI is InChI=1S/C18H25N3/c1-4-19-18-13(2)14(3)20-17-9-8-15(12-16(17)18)21-10-6-5-7-11-21/h8-9,12H,4-7,10-11H2,1-3H3,(H,19,20). The maximum absolute atomic E-state index is 4.75. The Morgan fingerprint density at radius 3 is 2.62 bits per heavy atom. The Labute approximate surface area is 127 Å². The molecule has 3 nitrogen and oxygen atoms in total. The van der Waals surface area contributed by atoms with Crippen LogP contribution in [-0.2, 0) is 0 Å². The molecule has 1 aromatic carbocycles. The normalized spacial score (nSPS) is 15.5. The first-order valence-corrected chi connectivity index (χ1v) is 8.10. The molecule has 0 unspecified atom stereocenters. The van der Waals surface area contributed by atoms with Crippen molar-refractivity contribution in [2.45, 2.75) is 40.0 Å². The highest BCUT2D eigenvalue weighted by molar-refractivity contribution is 5.95. The molecule has 0 amide bonds. The number of nitrogens with zero attached hydrogens (tertiary/aromatic N) is 2. The van der Waals surface area contributed by atoms with Crippen LogP contribution in [0, 0.1) is 13.8 Å². The quantitative estimate of drug-likeness (QED) is 0.911. The van der Waals surface area contributed by atoms with Crippen molar-refractivity contribution in [3.05, 3.63) is 29.5 Å². The van der Waals surface area contributed by atoms with Gasteiger partial charge in [0.1, 0.15) is 0 Å². The first kappa shape index (κ1) is 14.2. The van der Waals surface area contributed by atoms with Crippen molar-refractivity contribution >= 4 is 22.3 Å². The van der Waals surface area contributed by atoms with E-state index in [9.17, 15) is 0 Å². The Kier molecular flexibility index (Phi) is 4.00. The summed E-state index contributed by atoms with van der Waals surface area (Å²) in [5.41, 5.74) is 6.06. The molecule has 1 saturated heterocycles. The fraction of sp³-hybridized carbons (Fsp3) is 0.500. The van der Waals surface area contributed by atoms with Gasteiger partial charge < -0.3 is 10.2 Å². The predicted molar refractivity (Wildman–Crippen MR) is 91.4 cm³/mol. The third-order valence-corrected chi connectivity index (χ3v) is 4.53. The monoisotopic (exact) mass is 283 g/mol. The topological polar surface area (TPSA) is 28.2 Å². The Morgan fingerprint density at radius 1 is 1.14 bits per heavy atom. The van der Waals surface area contributed by atoms with Crippen LogP contribution in [0.1, 0.15) is 37.4 Å². The number of hydrogen-bond donors (Lipinski definition) is 1. The molecule has 112 valence electrons. The van der Waals surface area contributed by atoms with Crippen molar-refractivity contribution in [2.75, 3.05) is 29.9 Å². The summed E-state index contributed by atoms with van der Waals surface area (Å²) in [7, 11) is 0. The number of piperidine rings is 1.